The molecule has 0 saturated carbocycles. The first-order valence-electron chi connectivity index (χ1n) is 9.02. The molecule has 0 bridgehead atoms. The van der Waals surface area contributed by atoms with Crippen molar-refractivity contribution in [2.75, 3.05) is 5.32 Å². The standard InChI is InChI=1S/C21H24N6/c1-21(2,3)17-12-19(27(5)25-17)24-18-11-16-15(13-22-18)23-20(26(16)4)14-9-7-6-8-10-14/h6-13H,1-5H3,(H,22,24). The lowest BCUT2D eigenvalue weighted by Gasteiger charge is -2.13. The average molecular weight is 360 g/mol. The Kier molecular flexibility index (Phi) is 3.98. The van der Waals surface area contributed by atoms with Gasteiger partial charge in [0.15, 0.2) is 0 Å². The van der Waals surface area contributed by atoms with Crippen LogP contribution in [0.3, 0.4) is 0 Å². The molecule has 0 atom stereocenters. The number of pyridine rings is 1. The zero-order chi connectivity index (χ0) is 19.2. The average Bonchev–Trinajstić information content (AvgIpc) is 3.17. The predicted octanol–water partition coefficient (Wildman–Crippen LogP) is 4.41. The molecule has 0 unspecified atom stereocenters. The molecule has 6 heteroatoms. The Morgan fingerprint density at radius 1 is 1.00 bits per heavy atom. The van der Waals surface area contributed by atoms with Gasteiger partial charge in [0.2, 0.25) is 0 Å². The molecule has 4 rings (SSSR count). The molecule has 0 aliphatic heterocycles. The van der Waals surface area contributed by atoms with E-state index in [1.807, 2.05) is 49.2 Å². The van der Waals surface area contributed by atoms with Gasteiger partial charge in [-0.05, 0) is 0 Å². The van der Waals surface area contributed by atoms with Gasteiger partial charge in [-0.15, -0.1) is 0 Å². The van der Waals surface area contributed by atoms with Crippen molar-refractivity contribution in [2.45, 2.75) is 26.2 Å². The van der Waals surface area contributed by atoms with E-state index in [0.29, 0.717) is 0 Å². The largest absolute Gasteiger partial charge is 0.327 e. The van der Waals surface area contributed by atoms with E-state index in [1.54, 1.807) is 0 Å². The monoisotopic (exact) mass is 360 g/mol. The smallest absolute Gasteiger partial charge is 0.140 e. The fourth-order valence-electron chi connectivity index (χ4n) is 3.09. The number of hydrogen-bond donors (Lipinski definition) is 1. The van der Waals surface area contributed by atoms with Crippen molar-refractivity contribution in [3.05, 3.63) is 54.4 Å². The molecule has 0 aliphatic rings. The predicted molar refractivity (Wildman–Crippen MR) is 109 cm³/mol. The number of rotatable bonds is 3. The highest BCUT2D eigenvalue weighted by molar-refractivity contribution is 5.82. The van der Waals surface area contributed by atoms with E-state index in [9.17, 15) is 0 Å². The molecule has 3 aromatic heterocycles. The van der Waals surface area contributed by atoms with Gasteiger partial charge in [0.1, 0.15) is 23.0 Å². The summed E-state index contributed by atoms with van der Waals surface area (Å²) in [5.74, 6) is 2.62. The van der Waals surface area contributed by atoms with Crippen LogP contribution in [0.5, 0.6) is 0 Å². The van der Waals surface area contributed by atoms with Crippen LogP contribution in [0, 0.1) is 0 Å². The Bertz CT molecular complexity index is 1100. The Balaban J connectivity index is 1.70. The van der Waals surface area contributed by atoms with Gasteiger partial charge in [-0.3, -0.25) is 4.68 Å². The number of hydrogen-bond acceptors (Lipinski definition) is 4. The minimum atomic E-state index is 0.00168. The van der Waals surface area contributed by atoms with Crippen LogP contribution in [0.2, 0.25) is 0 Å². The third kappa shape index (κ3) is 3.18. The van der Waals surface area contributed by atoms with E-state index in [2.05, 4.69) is 58.9 Å². The van der Waals surface area contributed by atoms with E-state index in [4.69, 9.17) is 4.98 Å². The van der Waals surface area contributed by atoms with Crippen LogP contribution in [-0.2, 0) is 19.5 Å². The van der Waals surface area contributed by atoms with E-state index in [1.165, 1.54) is 0 Å². The van der Waals surface area contributed by atoms with E-state index >= 15 is 0 Å². The summed E-state index contributed by atoms with van der Waals surface area (Å²) in [6.07, 6.45) is 1.81. The van der Waals surface area contributed by atoms with Gasteiger partial charge in [0.25, 0.3) is 0 Å². The molecular formula is C21H24N6. The second kappa shape index (κ2) is 6.23. The maximum atomic E-state index is 4.74. The van der Waals surface area contributed by atoms with Gasteiger partial charge in [-0.1, -0.05) is 51.1 Å². The highest BCUT2D eigenvalue weighted by atomic mass is 15.3. The van der Waals surface area contributed by atoms with Gasteiger partial charge >= 0.3 is 0 Å². The zero-order valence-corrected chi connectivity index (χ0v) is 16.4. The van der Waals surface area contributed by atoms with Crippen molar-refractivity contribution in [1.82, 2.24) is 24.3 Å². The number of nitrogens with one attached hydrogen (secondary N) is 1. The van der Waals surface area contributed by atoms with Crippen LogP contribution in [-0.4, -0.2) is 24.3 Å². The van der Waals surface area contributed by atoms with Crippen LogP contribution >= 0.6 is 0 Å². The normalized spacial score (nSPS) is 11.9. The summed E-state index contributed by atoms with van der Waals surface area (Å²) in [5.41, 5.74) is 4.04. The number of fused-ring (bicyclic) bond motifs is 1. The number of anilines is 2. The van der Waals surface area contributed by atoms with E-state index in [0.717, 1.165) is 39.8 Å². The summed E-state index contributed by atoms with van der Waals surface area (Å²) >= 11 is 0. The molecule has 0 saturated heterocycles. The van der Waals surface area contributed by atoms with Gasteiger partial charge < -0.3 is 9.88 Å². The number of benzene rings is 1. The summed E-state index contributed by atoms with van der Waals surface area (Å²) in [6.45, 7) is 6.47. The summed E-state index contributed by atoms with van der Waals surface area (Å²) in [7, 11) is 3.97. The second-order valence-corrected chi connectivity index (χ2v) is 7.83. The molecular weight excluding hydrogens is 336 g/mol. The van der Waals surface area contributed by atoms with Crippen LogP contribution in [0.1, 0.15) is 26.5 Å². The fraction of sp³-hybridized carbons (Fsp3) is 0.286. The quantitative estimate of drug-likeness (QED) is 0.588. The molecule has 1 aromatic carbocycles. The van der Waals surface area contributed by atoms with Crippen molar-refractivity contribution >= 4 is 22.7 Å². The SMILES string of the molecule is Cn1nc(C(C)(C)C)cc1Nc1cc2c(cn1)nc(-c1ccccc1)n2C. The van der Waals surface area contributed by atoms with Crippen molar-refractivity contribution in [2.24, 2.45) is 14.1 Å². The van der Waals surface area contributed by atoms with Crippen LogP contribution in [0.25, 0.3) is 22.4 Å². The number of aryl methyl sites for hydroxylation is 2. The molecule has 0 spiro atoms. The molecule has 0 fully saturated rings. The summed E-state index contributed by atoms with van der Waals surface area (Å²) in [6, 6.07) is 14.3. The second-order valence-electron chi connectivity index (χ2n) is 7.83. The molecule has 0 radical (unpaired) electrons. The number of nitrogens with zero attached hydrogens (tertiary/aromatic N) is 5. The lowest BCUT2D eigenvalue weighted by atomic mass is 9.92. The lowest BCUT2D eigenvalue weighted by molar-refractivity contribution is 0.553. The lowest BCUT2D eigenvalue weighted by Crippen LogP contribution is -2.12. The number of imidazole rings is 1. The fourth-order valence-corrected chi connectivity index (χ4v) is 3.09. The van der Waals surface area contributed by atoms with Gasteiger partial charge in [0.05, 0.1) is 17.4 Å². The minimum absolute atomic E-state index is 0.00168. The van der Waals surface area contributed by atoms with E-state index in [-0.39, 0.29) is 5.41 Å². The number of aromatic nitrogens is 5. The Morgan fingerprint density at radius 2 is 1.74 bits per heavy atom. The van der Waals surface area contributed by atoms with Crippen molar-refractivity contribution < 1.29 is 0 Å². The Hall–Kier alpha value is -3.15. The van der Waals surface area contributed by atoms with Gasteiger partial charge in [-0.25, -0.2) is 9.97 Å². The molecule has 6 nitrogen and oxygen atoms in total. The summed E-state index contributed by atoms with van der Waals surface area (Å²) < 4.78 is 3.95. The molecule has 4 aromatic rings. The highest BCUT2D eigenvalue weighted by Crippen LogP contribution is 2.27. The minimum Gasteiger partial charge on any atom is -0.327 e. The first-order valence-corrected chi connectivity index (χ1v) is 9.02. The summed E-state index contributed by atoms with van der Waals surface area (Å²) in [4.78, 5) is 9.27. The van der Waals surface area contributed by atoms with Gasteiger partial charge in [-0.2, -0.15) is 5.10 Å². The van der Waals surface area contributed by atoms with Gasteiger partial charge in [0, 0.05) is 37.2 Å². The Morgan fingerprint density at radius 3 is 2.41 bits per heavy atom. The Labute approximate surface area is 158 Å². The van der Waals surface area contributed by atoms with E-state index < -0.39 is 0 Å². The maximum Gasteiger partial charge on any atom is 0.140 e. The summed E-state index contributed by atoms with van der Waals surface area (Å²) in [5, 5.41) is 7.99. The van der Waals surface area contributed by atoms with Crippen LogP contribution < -0.4 is 5.32 Å². The van der Waals surface area contributed by atoms with Crippen LogP contribution in [0.4, 0.5) is 11.6 Å². The molecule has 0 aliphatic carbocycles. The maximum absolute atomic E-state index is 4.74. The third-order valence-electron chi connectivity index (χ3n) is 4.70. The molecule has 138 valence electrons. The van der Waals surface area contributed by atoms with Crippen molar-refractivity contribution in [1.29, 1.82) is 0 Å². The zero-order valence-electron chi connectivity index (χ0n) is 16.4. The molecule has 1 N–H and O–H groups in total. The third-order valence-corrected chi connectivity index (χ3v) is 4.70. The van der Waals surface area contributed by atoms with Crippen molar-refractivity contribution in [3.63, 3.8) is 0 Å². The highest BCUT2D eigenvalue weighted by Gasteiger charge is 2.19. The first-order chi connectivity index (χ1) is 12.8. The molecule has 3 heterocycles. The molecule has 27 heavy (non-hydrogen) atoms. The first kappa shape index (κ1) is 17.3. The molecule has 0 amide bonds. The van der Waals surface area contributed by atoms with Crippen LogP contribution in [0.15, 0.2) is 48.7 Å². The topological polar surface area (TPSA) is 60.6 Å². The van der Waals surface area contributed by atoms with Crippen molar-refractivity contribution in [3.8, 4) is 11.4 Å².